The Labute approximate surface area is 295 Å². The first-order valence-electron chi connectivity index (χ1n) is 17.5. The number of rotatable bonds is 5. The first kappa shape index (κ1) is 31.2. The van der Waals surface area contributed by atoms with Gasteiger partial charge in [-0.25, -0.2) is 0 Å². The first-order chi connectivity index (χ1) is 24.9. The van der Waals surface area contributed by atoms with Gasteiger partial charge >= 0.3 is 0 Å². The smallest absolute Gasteiger partial charge is 0.234 e. The normalized spacial score (nSPS) is 28.0. The molecular weight excluding hydrogens is 638 g/mol. The van der Waals surface area contributed by atoms with E-state index in [4.69, 9.17) is 4.74 Å². The van der Waals surface area contributed by atoms with E-state index in [0.29, 0.717) is 29.7 Å². The van der Waals surface area contributed by atoms with Gasteiger partial charge < -0.3 is 9.84 Å². The fourth-order valence-electron chi connectivity index (χ4n) is 9.68. The Hall–Kier alpha value is -5.82. The van der Waals surface area contributed by atoms with Gasteiger partial charge in [-0.3, -0.25) is 24.1 Å². The molecule has 7 nitrogen and oxygen atoms in total. The Morgan fingerprint density at radius 3 is 2.25 bits per heavy atom. The Kier molecular flexibility index (Phi) is 7.28. The topological polar surface area (TPSA) is 101 Å². The van der Waals surface area contributed by atoms with Crippen LogP contribution in [0.5, 0.6) is 11.5 Å². The van der Waals surface area contributed by atoms with Crippen molar-refractivity contribution >= 4 is 29.0 Å². The van der Waals surface area contributed by atoms with E-state index in [9.17, 15) is 14.7 Å². The maximum atomic E-state index is 15.2. The summed E-state index contributed by atoms with van der Waals surface area (Å²) in [5.74, 6) is -3.16. The van der Waals surface area contributed by atoms with E-state index in [-0.39, 0.29) is 42.1 Å². The lowest BCUT2D eigenvalue weighted by Gasteiger charge is -2.56. The summed E-state index contributed by atoms with van der Waals surface area (Å²) in [7, 11) is 0. The molecule has 1 saturated heterocycles. The van der Waals surface area contributed by atoms with Crippen molar-refractivity contribution in [3.05, 3.63) is 161 Å². The summed E-state index contributed by atoms with van der Waals surface area (Å²) in [6.07, 6.45) is 6.27. The molecule has 0 spiro atoms. The molecule has 1 N–H and O–H groups in total. The number of Topliss-reactive ketones (excluding diaryl/α,β-unsaturated/α-hetero) is 1. The number of fused-ring (bicyclic) bond motifs is 5. The highest BCUT2D eigenvalue weighted by Crippen LogP contribution is 2.63. The van der Waals surface area contributed by atoms with E-state index in [1.54, 1.807) is 24.5 Å². The summed E-state index contributed by atoms with van der Waals surface area (Å²) in [6.45, 7) is 0.186. The predicted molar refractivity (Wildman–Crippen MR) is 190 cm³/mol. The van der Waals surface area contributed by atoms with E-state index in [2.05, 4.69) is 6.08 Å². The van der Waals surface area contributed by atoms with E-state index in [1.165, 1.54) is 11.0 Å². The number of amides is 2. The zero-order chi connectivity index (χ0) is 34.9. The van der Waals surface area contributed by atoms with Crippen LogP contribution in [0.1, 0.15) is 35.1 Å². The average molecular weight is 674 g/mol. The van der Waals surface area contributed by atoms with Crippen molar-refractivity contribution in [2.45, 2.75) is 31.2 Å². The zero-order valence-corrected chi connectivity index (χ0v) is 27.8. The van der Waals surface area contributed by atoms with Crippen molar-refractivity contribution < 1.29 is 29.0 Å². The number of carbonyl (C=O) groups is 4. The van der Waals surface area contributed by atoms with Crippen molar-refractivity contribution in [2.75, 3.05) is 0 Å². The van der Waals surface area contributed by atoms with E-state index in [1.807, 2.05) is 91.0 Å². The van der Waals surface area contributed by atoms with Crippen molar-refractivity contribution in [1.82, 2.24) is 4.90 Å². The largest absolute Gasteiger partial charge is 0.508 e. The molecule has 2 amide bonds. The minimum atomic E-state index is -1.33. The number of phenols is 1. The number of hydrogen-bond donors (Lipinski definition) is 1. The molecule has 4 aromatic carbocycles. The second kappa shape index (κ2) is 11.9. The Bertz CT molecular complexity index is 2200. The third kappa shape index (κ3) is 4.71. The van der Waals surface area contributed by atoms with Gasteiger partial charge in [-0.1, -0.05) is 103 Å². The summed E-state index contributed by atoms with van der Waals surface area (Å²) >= 11 is 0. The molecule has 7 heteroatoms. The van der Waals surface area contributed by atoms with Gasteiger partial charge in [0.25, 0.3) is 0 Å². The highest BCUT2D eigenvalue weighted by Gasteiger charge is 2.66. The minimum absolute atomic E-state index is 0.100. The van der Waals surface area contributed by atoms with Crippen LogP contribution in [0.4, 0.5) is 0 Å². The van der Waals surface area contributed by atoms with Crippen molar-refractivity contribution in [3.63, 3.8) is 0 Å². The molecule has 0 unspecified atom stereocenters. The summed E-state index contributed by atoms with van der Waals surface area (Å²) in [5.41, 5.74) is 3.74. The molecule has 0 radical (unpaired) electrons. The van der Waals surface area contributed by atoms with Crippen LogP contribution in [-0.4, -0.2) is 33.4 Å². The highest BCUT2D eigenvalue weighted by molar-refractivity contribution is 6.31. The van der Waals surface area contributed by atoms with Crippen LogP contribution in [0.25, 0.3) is 5.57 Å². The van der Waals surface area contributed by atoms with E-state index < -0.39 is 35.0 Å². The number of nitrogens with zero attached hydrogens (tertiary/aromatic N) is 1. The Morgan fingerprint density at radius 2 is 1.51 bits per heavy atom. The predicted octanol–water partition coefficient (Wildman–Crippen LogP) is 6.77. The number of imide groups is 1. The third-order valence-electron chi connectivity index (χ3n) is 11.8. The summed E-state index contributed by atoms with van der Waals surface area (Å²) in [4.78, 5) is 60.2. The van der Waals surface area contributed by atoms with Crippen molar-refractivity contribution in [2.24, 2.45) is 29.6 Å². The van der Waals surface area contributed by atoms with Crippen LogP contribution in [-0.2, 0) is 37.6 Å². The lowest BCUT2D eigenvalue weighted by Crippen LogP contribution is -2.60. The van der Waals surface area contributed by atoms with Gasteiger partial charge in [0.15, 0.2) is 11.6 Å². The molecule has 2 fully saturated rings. The van der Waals surface area contributed by atoms with Gasteiger partial charge in [0.2, 0.25) is 11.8 Å². The number of allylic oxidation sites excluding steroid dienone is 5. The zero-order valence-electron chi connectivity index (χ0n) is 27.8. The average Bonchev–Trinajstić information content (AvgIpc) is 3.40. The Balaban J connectivity index is 1.23. The molecule has 9 rings (SSSR count). The quantitative estimate of drug-likeness (QED) is 0.186. The van der Waals surface area contributed by atoms with Crippen LogP contribution in [0.2, 0.25) is 0 Å². The third-order valence-corrected chi connectivity index (χ3v) is 11.8. The molecule has 0 aromatic heterocycles. The minimum Gasteiger partial charge on any atom is -0.508 e. The lowest BCUT2D eigenvalue weighted by molar-refractivity contribution is -0.141. The summed E-state index contributed by atoms with van der Waals surface area (Å²) in [6, 6.07) is 33.3. The van der Waals surface area contributed by atoms with Gasteiger partial charge in [-0.2, -0.15) is 0 Å². The van der Waals surface area contributed by atoms with E-state index >= 15 is 9.59 Å². The molecule has 0 bridgehead atoms. The maximum Gasteiger partial charge on any atom is 0.234 e. The van der Waals surface area contributed by atoms with Gasteiger partial charge in [0, 0.05) is 29.4 Å². The molecule has 252 valence electrons. The number of ether oxygens (including phenoxy) is 1. The number of likely N-dealkylation sites (tertiary alicyclic amines) is 1. The van der Waals surface area contributed by atoms with Crippen molar-refractivity contribution in [3.8, 4) is 11.5 Å². The van der Waals surface area contributed by atoms with Gasteiger partial charge in [-0.05, 0) is 65.3 Å². The second-order valence-corrected chi connectivity index (χ2v) is 14.3. The molecule has 4 aromatic rings. The second-order valence-electron chi connectivity index (χ2n) is 14.3. The molecule has 2 heterocycles. The van der Waals surface area contributed by atoms with Crippen molar-refractivity contribution in [1.29, 1.82) is 0 Å². The number of phenolic OH excluding ortho intramolecular Hbond substituents is 1. The first-order valence-corrected chi connectivity index (χ1v) is 17.5. The monoisotopic (exact) mass is 673 g/mol. The molecular formula is C44H35NO6. The Morgan fingerprint density at radius 1 is 0.804 bits per heavy atom. The SMILES string of the molecule is O=C1C(c2ccccc2)=CC(=O)[C@@]2(c3ccccc3)[C@@H](C3=COc4ccc(O)cc4C3)C3=CC[C@@H]4C(=O)N(Cc5ccccc5)C(=O)[C@@H]4[C@@H]3C[C@@H]12. The number of aromatic hydroxyl groups is 1. The summed E-state index contributed by atoms with van der Waals surface area (Å²) in [5, 5.41) is 10.4. The number of ketones is 2. The molecule has 2 aliphatic heterocycles. The molecule has 5 aliphatic rings. The maximum absolute atomic E-state index is 15.2. The number of benzene rings is 4. The van der Waals surface area contributed by atoms with Gasteiger partial charge in [0.1, 0.15) is 11.5 Å². The van der Waals surface area contributed by atoms with Crippen LogP contribution < -0.4 is 4.74 Å². The molecule has 3 aliphatic carbocycles. The van der Waals surface area contributed by atoms with Crippen LogP contribution in [0.15, 0.2) is 139 Å². The lowest BCUT2D eigenvalue weighted by atomic mass is 9.44. The molecule has 6 atom stereocenters. The fourth-order valence-corrected chi connectivity index (χ4v) is 9.68. The summed E-state index contributed by atoms with van der Waals surface area (Å²) < 4.78 is 6.20. The van der Waals surface area contributed by atoms with Gasteiger partial charge in [-0.15, -0.1) is 0 Å². The standard InChI is InChI=1S/C44H35NO6/c46-31-16-19-37-28(21-31)20-29(25-51-37)40-32-17-18-33-39(43(50)45(42(33)49)24-26-10-4-1-5-11-26)35(32)22-36-41(48)34(27-12-6-2-7-13-27)23-38(47)44(36,40)30-14-8-3-9-15-30/h1-17,19,21,23,25,33,35-36,39-40,46H,18,20,22,24H2/t33-,35+,36-,39-,40-,44-/m0/s1. The van der Waals surface area contributed by atoms with Gasteiger partial charge in [0.05, 0.1) is 30.1 Å². The number of hydrogen-bond acceptors (Lipinski definition) is 6. The molecule has 1 saturated carbocycles. The molecule has 51 heavy (non-hydrogen) atoms. The highest BCUT2D eigenvalue weighted by atomic mass is 16.5. The van der Waals surface area contributed by atoms with Crippen LogP contribution >= 0.6 is 0 Å². The fraction of sp³-hybridized carbons (Fsp3) is 0.227. The van der Waals surface area contributed by atoms with Crippen LogP contribution in [0.3, 0.4) is 0 Å². The van der Waals surface area contributed by atoms with Crippen LogP contribution in [0, 0.1) is 29.6 Å². The number of carbonyl (C=O) groups excluding carboxylic acids is 4. The van der Waals surface area contributed by atoms with E-state index in [0.717, 1.165) is 27.8 Å².